The molecule has 0 aromatic heterocycles. The minimum absolute atomic E-state index is 0.0829. The van der Waals surface area contributed by atoms with Crippen molar-refractivity contribution in [3.05, 3.63) is 68.7 Å². The van der Waals surface area contributed by atoms with E-state index in [0.717, 1.165) is 21.8 Å². The highest BCUT2D eigenvalue weighted by Crippen LogP contribution is 2.26. The molecule has 1 fully saturated rings. The van der Waals surface area contributed by atoms with E-state index in [9.17, 15) is 19.7 Å². The first-order chi connectivity index (χ1) is 14.3. The molecule has 0 bridgehead atoms. The lowest BCUT2D eigenvalue weighted by atomic mass is 10.1. The van der Waals surface area contributed by atoms with Crippen LogP contribution in [0, 0.1) is 10.1 Å². The van der Waals surface area contributed by atoms with E-state index < -0.39 is 16.1 Å². The van der Waals surface area contributed by atoms with Gasteiger partial charge in [0.05, 0.1) is 10.6 Å². The Hall–Kier alpha value is -3.05. The summed E-state index contributed by atoms with van der Waals surface area (Å²) < 4.78 is 0.950. The Morgan fingerprint density at radius 1 is 1.27 bits per heavy atom. The Kier molecular flexibility index (Phi) is 6.95. The van der Waals surface area contributed by atoms with Crippen LogP contribution in [0.3, 0.4) is 0 Å². The van der Waals surface area contributed by atoms with E-state index in [1.807, 2.05) is 24.3 Å². The van der Waals surface area contributed by atoms with Gasteiger partial charge in [-0.25, -0.2) is 0 Å². The fraction of sp³-hybridized carbons (Fsp3) is 0.158. The number of hydrogen-bond acceptors (Lipinski definition) is 7. The second kappa shape index (κ2) is 9.63. The number of amidine groups is 1. The van der Waals surface area contributed by atoms with Crippen LogP contribution in [0.2, 0.25) is 0 Å². The molecule has 30 heavy (non-hydrogen) atoms. The topological polar surface area (TPSA) is 126 Å². The lowest BCUT2D eigenvalue weighted by Crippen LogP contribution is -2.28. The normalized spacial score (nSPS) is 17.7. The molecule has 0 aliphatic carbocycles. The summed E-state index contributed by atoms with van der Waals surface area (Å²) in [6.07, 6.45) is -0.156. The molecule has 2 aromatic carbocycles. The van der Waals surface area contributed by atoms with E-state index in [-0.39, 0.29) is 23.7 Å². The number of amides is 2. The fourth-order valence-electron chi connectivity index (χ4n) is 2.56. The van der Waals surface area contributed by atoms with Gasteiger partial charge in [-0.3, -0.25) is 19.7 Å². The number of nitro benzene ring substituents is 1. The van der Waals surface area contributed by atoms with Crippen LogP contribution in [-0.2, 0) is 9.59 Å². The van der Waals surface area contributed by atoms with Crippen molar-refractivity contribution in [2.75, 3.05) is 5.32 Å². The first-order valence-corrected chi connectivity index (χ1v) is 10.4. The number of anilines is 1. The monoisotopic (exact) mass is 489 g/mol. The quantitative estimate of drug-likeness (QED) is 0.363. The Morgan fingerprint density at radius 2 is 1.97 bits per heavy atom. The second-order valence-electron chi connectivity index (χ2n) is 6.22. The molecule has 154 valence electrons. The van der Waals surface area contributed by atoms with Crippen LogP contribution in [0.25, 0.3) is 0 Å². The molecule has 3 rings (SSSR count). The van der Waals surface area contributed by atoms with Crippen molar-refractivity contribution >= 4 is 61.8 Å². The lowest BCUT2D eigenvalue weighted by Gasteiger charge is -2.07. The van der Waals surface area contributed by atoms with E-state index in [0.29, 0.717) is 10.9 Å². The largest absolute Gasteiger partial charge is 0.320 e. The summed E-state index contributed by atoms with van der Waals surface area (Å²) in [6.45, 7) is 1.80. The van der Waals surface area contributed by atoms with Crippen molar-refractivity contribution in [3.8, 4) is 0 Å². The summed E-state index contributed by atoms with van der Waals surface area (Å²) in [5.74, 6) is -0.874. The van der Waals surface area contributed by atoms with Gasteiger partial charge >= 0.3 is 0 Å². The van der Waals surface area contributed by atoms with Gasteiger partial charge in [-0.05, 0) is 30.7 Å². The maximum atomic E-state index is 12.3. The van der Waals surface area contributed by atoms with Crippen LogP contribution in [0.4, 0.5) is 11.4 Å². The molecular weight excluding hydrogens is 474 g/mol. The van der Waals surface area contributed by atoms with Gasteiger partial charge in [0.2, 0.25) is 11.8 Å². The summed E-state index contributed by atoms with van der Waals surface area (Å²) in [4.78, 5) is 34.9. The number of thioether (sulfide) groups is 1. The molecule has 2 aromatic rings. The molecule has 1 aliphatic heterocycles. The van der Waals surface area contributed by atoms with E-state index >= 15 is 0 Å². The molecule has 0 unspecified atom stereocenters. The first kappa shape index (κ1) is 21.7. The maximum Gasteiger partial charge on any atom is 0.292 e. The number of para-hydroxylation sites is 2. The van der Waals surface area contributed by atoms with Gasteiger partial charge in [-0.15, -0.1) is 5.10 Å². The van der Waals surface area contributed by atoms with Crippen molar-refractivity contribution in [2.45, 2.75) is 18.6 Å². The molecule has 1 atom stereocenters. The molecule has 0 radical (unpaired) electrons. The predicted octanol–water partition coefficient (Wildman–Crippen LogP) is 3.70. The zero-order valence-corrected chi connectivity index (χ0v) is 18.1. The van der Waals surface area contributed by atoms with Crippen molar-refractivity contribution < 1.29 is 14.5 Å². The third-order valence-corrected chi connectivity index (χ3v) is 5.68. The predicted molar refractivity (Wildman–Crippen MR) is 120 cm³/mol. The number of halogens is 1. The van der Waals surface area contributed by atoms with E-state index in [1.165, 1.54) is 18.2 Å². The number of rotatable bonds is 6. The zero-order chi connectivity index (χ0) is 21.7. The van der Waals surface area contributed by atoms with Crippen LogP contribution < -0.4 is 10.6 Å². The summed E-state index contributed by atoms with van der Waals surface area (Å²) in [5.41, 5.74) is 1.42. The smallest absolute Gasteiger partial charge is 0.292 e. The van der Waals surface area contributed by atoms with Gasteiger partial charge in [0.25, 0.3) is 5.69 Å². The van der Waals surface area contributed by atoms with Crippen LogP contribution in [0.5, 0.6) is 0 Å². The molecule has 0 saturated carbocycles. The summed E-state index contributed by atoms with van der Waals surface area (Å²) in [5, 5.41) is 23.9. The summed E-state index contributed by atoms with van der Waals surface area (Å²) >= 11 is 4.46. The van der Waals surface area contributed by atoms with Crippen LogP contribution in [0.15, 0.2) is 63.2 Å². The van der Waals surface area contributed by atoms with E-state index in [4.69, 9.17) is 0 Å². The van der Waals surface area contributed by atoms with E-state index in [1.54, 1.807) is 13.0 Å². The number of benzene rings is 2. The van der Waals surface area contributed by atoms with Crippen LogP contribution >= 0.6 is 27.7 Å². The Labute approximate surface area is 184 Å². The number of carbonyl (C=O) groups excluding carboxylic acids is 2. The average molecular weight is 490 g/mol. The third-order valence-electron chi connectivity index (χ3n) is 4.07. The first-order valence-electron chi connectivity index (χ1n) is 8.72. The number of hydrogen-bond donors (Lipinski definition) is 2. The van der Waals surface area contributed by atoms with Crippen LogP contribution in [-0.4, -0.2) is 32.9 Å². The molecule has 1 aliphatic rings. The molecule has 1 saturated heterocycles. The minimum Gasteiger partial charge on any atom is -0.320 e. The fourth-order valence-corrected chi connectivity index (χ4v) is 3.75. The van der Waals surface area contributed by atoms with Crippen molar-refractivity contribution in [2.24, 2.45) is 10.2 Å². The highest BCUT2D eigenvalue weighted by atomic mass is 79.9. The van der Waals surface area contributed by atoms with Crippen molar-refractivity contribution in [1.29, 1.82) is 0 Å². The molecule has 0 spiro atoms. The highest BCUT2D eigenvalue weighted by Gasteiger charge is 2.32. The van der Waals surface area contributed by atoms with Gasteiger partial charge in [-0.2, -0.15) is 5.10 Å². The summed E-state index contributed by atoms with van der Waals surface area (Å²) in [7, 11) is 0. The van der Waals surface area contributed by atoms with E-state index in [2.05, 4.69) is 36.8 Å². The highest BCUT2D eigenvalue weighted by molar-refractivity contribution is 9.10. The van der Waals surface area contributed by atoms with Crippen LogP contribution in [0.1, 0.15) is 18.9 Å². The van der Waals surface area contributed by atoms with Gasteiger partial charge < -0.3 is 10.6 Å². The van der Waals surface area contributed by atoms with Gasteiger partial charge in [0.15, 0.2) is 5.17 Å². The Bertz CT molecular complexity index is 1060. The number of carbonyl (C=O) groups is 2. The number of nitro groups is 1. The maximum absolute atomic E-state index is 12.3. The number of nitrogens with zero attached hydrogens (tertiary/aromatic N) is 3. The number of nitrogens with one attached hydrogen (secondary N) is 2. The van der Waals surface area contributed by atoms with Crippen molar-refractivity contribution in [1.82, 2.24) is 5.32 Å². The summed E-state index contributed by atoms with van der Waals surface area (Å²) in [6, 6.07) is 13.4. The standard InChI is InChI=1S/C19H16BrN5O4S/c1-11(12-6-8-13(20)9-7-12)23-24-19-22-18(27)16(30-19)10-17(26)21-14-4-2-3-5-15(14)25(28)29/h2-9,16H,10H2,1H3,(H,21,26)(H,22,24,27)/b23-11-/t16-/m1/s1. The average Bonchev–Trinajstić information content (AvgIpc) is 3.06. The molecular formula is C19H16BrN5O4S. The Morgan fingerprint density at radius 3 is 2.67 bits per heavy atom. The molecule has 11 heteroatoms. The Balaban J connectivity index is 1.62. The lowest BCUT2D eigenvalue weighted by molar-refractivity contribution is -0.383. The minimum atomic E-state index is -0.699. The molecule has 2 amide bonds. The SMILES string of the molecule is C/C(=N/N=C1\NC(=O)[C@@H](CC(=O)Nc2ccccc2[N+](=O)[O-])S1)c1ccc(Br)cc1. The zero-order valence-electron chi connectivity index (χ0n) is 15.7. The van der Waals surface area contributed by atoms with Gasteiger partial charge in [0.1, 0.15) is 10.9 Å². The van der Waals surface area contributed by atoms with Gasteiger partial charge in [0, 0.05) is 17.0 Å². The van der Waals surface area contributed by atoms with Crippen molar-refractivity contribution in [3.63, 3.8) is 0 Å². The second-order valence-corrected chi connectivity index (χ2v) is 8.33. The molecule has 2 N–H and O–H groups in total. The molecule has 9 nitrogen and oxygen atoms in total. The third kappa shape index (κ3) is 5.51. The molecule has 1 heterocycles. The van der Waals surface area contributed by atoms with Gasteiger partial charge in [-0.1, -0.05) is 52.0 Å².